The van der Waals surface area contributed by atoms with E-state index in [9.17, 15) is 4.79 Å². The van der Waals surface area contributed by atoms with Gasteiger partial charge in [0.25, 0.3) is 0 Å². The Morgan fingerprint density at radius 1 is 1.40 bits per heavy atom. The lowest BCUT2D eigenvalue weighted by Crippen LogP contribution is -2.26. The van der Waals surface area contributed by atoms with Gasteiger partial charge in [0, 0.05) is 25.0 Å². The van der Waals surface area contributed by atoms with Crippen molar-refractivity contribution in [3.8, 4) is 0 Å². The van der Waals surface area contributed by atoms with Crippen LogP contribution in [0.4, 0.5) is 0 Å². The molecule has 1 aromatic rings. The van der Waals surface area contributed by atoms with Gasteiger partial charge in [0.2, 0.25) is 0 Å². The van der Waals surface area contributed by atoms with Gasteiger partial charge in [0.1, 0.15) is 6.29 Å². The van der Waals surface area contributed by atoms with Crippen molar-refractivity contribution in [2.24, 2.45) is 5.92 Å². The summed E-state index contributed by atoms with van der Waals surface area (Å²) in [6.45, 7) is 4.08. The van der Waals surface area contributed by atoms with Gasteiger partial charge in [-0.05, 0) is 18.9 Å². The van der Waals surface area contributed by atoms with Crippen LogP contribution in [-0.4, -0.2) is 23.8 Å². The van der Waals surface area contributed by atoms with E-state index < -0.39 is 0 Å². The summed E-state index contributed by atoms with van der Waals surface area (Å²) >= 11 is 0. The molecule has 2 rings (SSSR count). The number of aldehydes is 1. The summed E-state index contributed by atoms with van der Waals surface area (Å²) < 4.78 is 0. The molecule has 0 saturated carbocycles. The van der Waals surface area contributed by atoms with Crippen LogP contribution >= 0.6 is 0 Å². The Balaban J connectivity index is 1.98. The van der Waals surface area contributed by atoms with Crippen LogP contribution in [-0.2, 0) is 11.3 Å². The van der Waals surface area contributed by atoms with Crippen LogP contribution in [0.1, 0.15) is 18.9 Å². The molecule has 15 heavy (non-hydrogen) atoms. The highest BCUT2D eigenvalue weighted by molar-refractivity contribution is 5.54. The summed E-state index contributed by atoms with van der Waals surface area (Å²) in [5, 5.41) is 0. The van der Waals surface area contributed by atoms with Crippen molar-refractivity contribution < 1.29 is 4.79 Å². The van der Waals surface area contributed by atoms with E-state index in [4.69, 9.17) is 0 Å². The predicted molar refractivity (Wildman–Crippen MR) is 60.5 cm³/mol. The average Bonchev–Trinajstić information content (AvgIpc) is 2.61. The topological polar surface area (TPSA) is 20.3 Å². The average molecular weight is 203 g/mol. The molecule has 0 aromatic heterocycles. The molecule has 0 N–H and O–H groups in total. The van der Waals surface area contributed by atoms with E-state index in [0.717, 1.165) is 25.8 Å². The zero-order valence-corrected chi connectivity index (χ0v) is 9.10. The van der Waals surface area contributed by atoms with Gasteiger partial charge in [0.05, 0.1) is 0 Å². The fourth-order valence-electron chi connectivity index (χ4n) is 2.28. The third-order valence-corrected chi connectivity index (χ3v) is 3.16. The van der Waals surface area contributed by atoms with Gasteiger partial charge in [-0.3, -0.25) is 4.90 Å². The second-order valence-electron chi connectivity index (χ2n) is 4.40. The Labute approximate surface area is 90.9 Å². The van der Waals surface area contributed by atoms with Crippen LogP contribution in [0, 0.1) is 5.92 Å². The normalized spacial score (nSPS) is 26.7. The molecule has 2 unspecified atom stereocenters. The van der Waals surface area contributed by atoms with E-state index in [1.165, 1.54) is 5.56 Å². The monoisotopic (exact) mass is 203 g/mol. The number of benzene rings is 1. The van der Waals surface area contributed by atoms with Crippen LogP contribution < -0.4 is 0 Å². The highest BCUT2D eigenvalue weighted by Crippen LogP contribution is 2.23. The molecule has 0 aliphatic carbocycles. The van der Waals surface area contributed by atoms with Crippen LogP contribution in [0.15, 0.2) is 30.3 Å². The lowest BCUT2D eigenvalue weighted by atomic mass is 10.1. The van der Waals surface area contributed by atoms with Gasteiger partial charge in [-0.25, -0.2) is 0 Å². The van der Waals surface area contributed by atoms with E-state index in [1.54, 1.807) is 0 Å². The molecular weight excluding hydrogens is 186 g/mol. The first kappa shape index (κ1) is 10.4. The molecule has 1 aliphatic heterocycles. The summed E-state index contributed by atoms with van der Waals surface area (Å²) in [7, 11) is 0. The van der Waals surface area contributed by atoms with Gasteiger partial charge in [-0.15, -0.1) is 0 Å². The first-order valence-corrected chi connectivity index (χ1v) is 5.53. The van der Waals surface area contributed by atoms with Crippen LogP contribution in [0.3, 0.4) is 0 Å². The lowest BCUT2D eigenvalue weighted by Gasteiger charge is -2.20. The predicted octanol–water partition coefficient (Wildman–Crippen LogP) is 2.10. The number of hydrogen-bond donors (Lipinski definition) is 0. The quantitative estimate of drug-likeness (QED) is 0.701. The van der Waals surface area contributed by atoms with Gasteiger partial charge in [-0.1, -0.05) is 30.3 Å². The minimum absolute atomic E-state index is 0.240. The summed E-state index contributed by atoms with van der Waals surface area (Å²) in [6, 6.07) is 11.0. The van der Waals surface area contributed by atoms with Crippen molar-refractivity contribution in [3.05, 3.63) is 35.9 Å². The second kappa shape index (κ2) is 4.58. The number of carbonyl (C=O) groups is 1. The smallest absolute Gasteiger partial charge is 0.124 e. The molecule has 1 heterocycles. The Hall–Kier alpha value is -1.15. The summed E-state index contributed by atoms with van der Waals surface area (Å²) in [6.07, 6.45) is 2.11. The zero-order valence-electron chi connectivity index (χ0n) is 9.10. The van der Waals surface area contributed by atoms with Crippen molar-refractivity contribution in [1.29, 1.82) is 0 Å². The largest absolute Gasteiger partial charge is 0.303 e. The zero-order chi connectivity index (χ0) is 10.7. The Morgan fingerprint density at radius 2 is 2.13 bits per heavy atom. The van der Waals surface area contributed by atoms with Crippen molar-refractivity contribution in [2.45, 2.75) is 25.9 Å². The fourth-order valence-corrected chi connectivity index (χ4v) is 2.28. The maximum Gasteiger partial charge on any atom is 0.124 e. The first-order valence-electron chi connectivity index (χ1n) is 5.53. The number of rotatable bonds is 3. The van der Waals surface area contributed by atoms with Gasteiger partial charge in [0.15, 0.2) is 0 Å². The molecule has 0 radical (unpaired) electrons. The molecule has 1 aliphatic rings. The third-order valence-electron chi connectivity index (χ3n) is 3.16. The minimum Gasteiger partial charge on any atom is -0.303 e. The molecule has 0 bridgehead atoms. The minimum atomic E-state index is 0.240. The summed E-state index contributed by atoms with van der Waals surface area (Å²) in [5.74, 6) is 0.240. The molecular formula is C13H17NO. The van der Waals surface area contributed by atoms with E-state index >= 15 is 0 Å². The Kier molecular flexibility index (Phi) is 3.17. The van der Waals surface area contributed by atoms with E-state index in [-0.39, 0.29) is 5.92 Å². The van der Waals surface area contributed by atoms with E-state index in [0.29, 0.717) is 6.04 Å². The van der Waals surface area contributed by atoms with Crippen molar-refractivity contribution in [1.82, 2.24) is 4.90 Å². The molecule has 1 fully saturated rings. The van der Waals surface area contributed by atoms with Crippen LogP contribution in [0.2, 0.25) is 0 Å². The number of likely N-dealkylation sites (tertiary alicyclic amines) is 1. The highest BCUT2D eigenvalue weighted by Gasteiger charge is 2.28. The molecule has 2 atom stereocenters. The molecule has 1 saturated heterocycles. The molecule has 0 amide bonds. The Bertz CT molecular complexity index is 323. The van der Waals surface area contributed by atoms with Gasteiger partial charge < -0.3 is 4.79 Å². The molecule has 2 nitrogen and oxygen atoms in total. The molecule has 1 aromatic carbocycles. The van der Waals surface area contributed by atoms with Gasteiger partial charge in [-0.2, -0.15) is 0 Å². The molecule has 2 heteroatoms. The Morgan fingerprint density at radius 3 is 2.73 bits per heavy atom. The SMILES string of the molecule is CC1CC(C=O)CN1Cc1ccccc1. The standard InChI is InChI=1S/C13H17NO/c1-11-7-13(10-15)9-14(11)8-12-5-3-2-4-6-12/h2-6,10-11,13H,7-9H2,1H3. The number of nitrogens with zero attached hydrogens (tertiary/aromatic N) is 1. The van der Waals surface area contributed by atoms with Crippen LogP contribution in [0.25, 0.3) is 0 Å². The number of hydrogen-bond acceptors (Lipinski definition) is 2. The van der Waals surface area contributed by atoms with Crippen molar-refractivity contribution in [3.63, 3.8) is 0 Å². The number of carbonyl (C=O) groups excluding carboxylic acids is 1. The molecule has 0 spiro atoms. The maximum absolute atomic E-state index is 10.7. The lowest BCUT2D eigenvalue weighted by molar-refractivity contribution is -0.110. The van der Waals surface area contributed by atoms with E-state index in [1.807, 2.05) is 6.07 Å². The van der Waals surface area contributed by atoms with Gasteiger partial charge >= 0.3 is 0 Å². The molecule has 80 valence electrons. The van der Waals surface area contributed by atoms with Crippen LogP contribution in [0.5, 0.6) is 0 Å². The fraction of sp³-hybridized carbons (Fsp3) is 0.462. The maximum atomic E-state index is 10.7. The van der Waals surface area contributed by atoms with Crippen molar-refractivity contribution >= 4 is 6.29 Å². The summed E-state index contributed by atoms with van der Waals surface area (Å²) in [4.78, 5) is 13.1. The van der Waals surface area contributed by atoms with E-state index in [2.05, 4.69) is 36.1 Å². The van der Waals surface area contributed by atoms with Crippen molar-refractivity contribution in [2.75, 3.05) is 6.54 Å². The first-order chi connectivity index (χ1) is 7.29. The third kappa shape index (κ3) is 2.45. The highest BCUT2D eigenvalue weighted by atomic mass is 16.1. The second-order valence-corrected chi connectivity index (χ2v) is 4.40. The summed E-state index contributed by atoms with van der Waals surface area (Å²) in [5.41, 5.74) is 1.33.